The second-order valence-corrected chi connectivity index (χ2v) is 9.58. The van der Waals surface area contributed by atoms with Gasteiger partial charge in [0.25, 0.3) is 0 Å². The van der Waals surface area contributed by atoms with Crippen molar-refractivity contribution in [2.24, 2.45) is 5.92 Å². The van der Waals surface area contributed by atoms with Gasteiger partial charge in [-0.25, -0.2) is 4.79 Å². The smallest absolute Gasteiger partial charge is 0.408 e. The predicted molar refractivity (Wildman–Crippen MR) is 129 cm³/mol. The Balaban J connectivity index is 3.34. The number of aliphatic hydroxyl groups excluding tert-OH is 1. The van der Waals surface area contributed by atoms with E-state index in [1.54, 1.807) is 40.7 Å². The molecule has 0 aliphatic rings. The van der Waals surface area contributed by atoms with Crippen LogP contribution in [0.4, 0.5) is 4.79 Å². The predicted octanol–water partition coefficient (Wildman–Crippen LogP) is 3.32. The van der Waals surface area contributed by atoms with Gasteiger partial charge in [-0.3, -0.25) is 9.59 Å². The summed E-state index contributed by atoms with van der Waals surface area (Å²) in [5.74, 6) is -1.05. The molecule has 8 heteroatoms. The van der Waals surface area contributed by atoms with Crippen LogP contribution in [-0.2, 0) is 14.3 Å². The van der Waals surface area contributed by atoms with Crippen molar-refractivity contribution in [3.63, 3.8) is 0 Å². The van der Waals surface area contributed by atoms with E-state index < -0.39 is 29.7 Å². The molecule has 3 N–H and O–H groups in total. The van der Waals surface area contributed by atoms with E-state index >= 15 is 0 Å². The SMILES string of the molecule is CCCCNC(=O)C(c1cccc(C)c1)N(CCO)C(=O)C(NC(=O)OC(C)(C)C)C(C)C. The first-order chi connectivity index (χ1) is 15.4. The highest BCUT2D eigenvalue weighted by Gasteiger charge is 2.37. The zero-order chi connectivity index (χ0) is 25.2. The first-order valence-electron chi connectivity index (χ1n) is 11.7. The van der Waals surface area contributed by atoms with Crippen LogP contribution in [0.2, 0.25) is 0 Å². The number of hydrogen-bond donors (Lipinski definition) is 3. The van der Waals surface area contributed by atoms with Gasteiger partial charge in [0.05, 0.1) is 6.61 Å². The number of rotatable bonds is 11. The molecule has 0 aromatic heterocycles. The van der Waals surface area contributed by atoms with E-state index in [2.05, 4.69) is 10.6 Å². The molecular formula is C25H41N3O5. The van der Waals surface area contributed by atoms with Crippen molar-refractivity contribution in [2.45, 2.75) is 79.0 Å². The summed E-state index contributed by atoms with van der Waals surface area (Å²) >= 11 is 0. The number of aryl methyl sites for hydroxylation is 1. The molecule has 1 rings (SSSR count). The Bertz CT molecular complexity index is 788. The van der Waals surface area contributed by atoms with E-state index in [0.29, 0.717) is 12.1 Å². The summed E-state index contributed by atoms with van der Waals surface area (Å²) in [5.41, 5.74) is 0.871. The van der Waals surface area contributed by atoms with Crippen LogP contribution < -0.4 is 10.6 Å². The molecule has 33 heavy (non-hydrogen) atoms. The number of carbonyl (C=O) groups excluding carboxylic acids is 3. The summed E-state index contributed by atoms with van der Waals surface area (Å²) < 4.78 is 5.33. The zero-order valence-electron chi connectivity index (χ0n) is 21.1. The molecule has 1 aromatic rings. The molecule has 0 spiro atoms. The average Bonchev–Trinajstić information content (AvgIpc) is 2.70. The summed E-state index contributed by atoms with van der Waals surface area (Å²) in [5, 5.41) is 15.3. The third-order valence-electron chi connectivity index (χ3n) is 4.98. The highest BCUT2D eigenvalue weighted by atomic mass is 16.6. The van der Waals surface area contributed by atoms with Gasteiger partial charge in [-0.2, -0.15) is 0 Å². The number of ether oxygens (including phenoxy) is 1. The molecule has 0 saturated heterocycles. The average molecular weight is 464 g/mol. The minimum atomic E-state index is -0.942. The molecule has 0 heterocycles. The lowest BCUT2D eigenvalue weighted by Crippen LogP contribution is -2.55. The van der Waals surface area contributed by atoms with Gasteiger partial charge < -0.3 is 25.4 Å². The van der Waals surface area contributed by atoms with E-state index in [1.807, 2.05) is 32.0 Å². The number of benzene rings is 1. The van der Waals surface area contributed by atoms with Crippen LogP contribution in [0.25, 0.3) is 0 Å². The van der Waals surface area contributed by atoms with Crippen LogP contribution in [-0.4, -0.2) is 59.3 Å². The van der Waals surface area contributed by atoms with Crippen LogP contribution in [0.3, 0.4) is 0 Å². The Labute approximate surface area is 198 Å². The number of amides is 3. The molecule has 0 aliphatic heterocycles. The van der Waals surface area contributed by atoms with E-state index in [4.69, 9.17) is 4.74 Å². The van der Waals surface area contributed by atoms with Crippen molar-refractivity contribution in [2.75, 3.05) is 19.7 Å². The normalized spacial score (nSPS) is 13.2. The molecule has 0 aliphatic carbocycles. The lowest BCUT2D eigenvalue weighted by atomic mass is 9.98. The molecule has 1 aromatic carbocycles. The van der Waals surface area contributed by atoms with Crippen molar-refractivity contribution >= 4 is 17.9 Å². The van der Waals surface area contributed by atoms with Crippen LogP contribution in [0.1, 0.15) is 71.6 Å². The number of carbonyl (C=O) groups is 3. The minimum Gasteiger partial charge on any atom is -0.444 e. The molecule has 3 amide bonds. The lowest BCUT2D eigenvalue weighted by molar-refractivity contribution is -0.143. The molecule has 186 valence electrons. The quantitative estimate of drug-likeness (QED) is 0.436. The number of nitrogens with one attached hydrogen (secondary N) is 2. The molecule has 8 nitrogen and oxygen atoms in total. The first kappa shape index (κ1) is 28.4. The third-order valence-corrected chi connectivity index (χ3v) is 4.98. The maximum Gasteiger partial charge on any atom is 0.408 e. The van der Waals surface area contributed by atoms with E-state index in [-0.39, 0.29) is 25.0 Å². The van der Waals surface area contributed by atoms with Crippen LogP contribution in [0, 0.1) is 12.8 Å². The fourth-order valence-electron chi connectivity index (χ4n) is 3.40. The van der Waals surface area contributed by atoms with E-state index in [9.17, 15) is 19.5 Å². The molecule has 2 atom stereocenters. The minimum absolute atomic E-state index is 0.0577. The third kappa shape index (κ3) is 9.42. The number of hydrogen-bond acceptors (Lipinski definition) is 5. The monoisotopic (exact) mass is 463 g/mol. The molecule has 2 unspecified atom stereocenters. The number of nitrogens with zero attached hydrogens (tertiary/aromatic N) is 1. The van der Waals surface area contributed by atoms with Crippen molar-refractivity contribution in [3.05, 3.63) is 35.4 Å². The fraction of sp³-hybridized carbons (Fsp3) is 0.640. The molecule has 0 radical (unpaired) electrons. The molecule has 0 bridgehead atoms. The maximum atomic E-state index is 13.7. The number of aliphatic hydroxyl groups is 1. The van der Waals surface area contributed by atoms with Gasteiger partial charge >= 0.3 is 6.09 Å². The topological polar surface area (TPSA) is 108 Å². The largest absolute Gasteiger partial charge is 0.444 e. The van der Waals surface area contributed by atoms with Crippen LogP contribution in [0.5, 0.6) is 0 Å². The standard InChI is InChI=1S/C25H41N3O5/c1-8-9-13-26-22(30)21(19-12-10-11-18(4)16-19)28(14-15-29)23(31)20(17(2)3)27-24(32)33-25(5,6)7/h10-12,16-17,20-21,29H,8-9,13-15H2,1-7H3,(H,26,30)(H,27,32). The summed E-state index contributed by atoms with van der Waals surface area (Å²) in [4.78, 5) is 40.7. The fourth-order valence-corrected chi connectivity index (χ4v) is 3.40. The van der Waals surface area contributed by atoms with Gasteiger partial charge in [-0.15, -0.1) is 0 Å². The summed E-state index contributed by atoms with van der Waals surface area (Å²) in [6.07, 6.45) is 1.02. The molecular weight excluding hydrogens is 422 g/mol. The summed E-state index contributed by atoms with van der Waals surface area (Å²) in [6, 6.07) is 5.52. The Kier molecular flexibility index (Phi) is 11.4. The first-order valence-corrected chi connectivity index (χ1v) is 11.7. The van der Waals surface area contributed by atoms with Crippen molar-refractivity contribution in [3.8, 4) is 0 Å². The van der Waals surface area contributed by atoms with Crippen LogP contribution in [0.15, 0.2) is 24.3 Å². The summed E-state index contributed by atoms with van der Waals surface area (Å²) in [7, 11) is 0. The van der Waals surface area contributed by atoms with Gasteiger partial charge in [-0.05, 0) is 45.6 Å². The van der Waals surface area contributed by atoms with Crippen molar-refractivity contribution in [1.29, 1.82) is 0 Å². The molecule has 0 fully saturated rings. The van der Waals surface area contributed by atoms with Gasteiger partial charge in [0, 0.05) is 13.1 Å². The number of unbranched alkanes of at least 4 members (excludes halogenated alkanes) is 1. The zero-order valence-corrected chi connectivity index (χ0v) is 21.1. The Hall–Kier alpha value is -2.61. The van der Waals surface area contributed by atoms with Gasteiger partial charge in [0.15, 0.2) is 0 Å². The van der Waals surface area contributed by atoms with E-state index in [0.717, 1.165) is 18.4 Å². The summed E-state index contributed by atoms with van der Waals surface area (Å²) in [6.45, 7) is 12.9. The Morgan fingerprint density at radius 3 is 2.36 bits per heavy atom. The van der Waals surface area contributed by atoms with Gasteiger partial charge in [0.1, 0.15) is 17.7 Å². The second-order valence-electron chi connectivity index (χ2n) is 9.58. The molecule has 0 saturated carbocycles. The van der Waals surface area contributed by atoms with Gasteiger partial charge in [0.2, 0.25) is 11.8 Å². The highest BCUT2D eigenvalue weighted by molar-refractivity contribution is 5.92. The van der Waals surface area contributed by atoms with E-state index in [1.165, 1.54) is 4.90 Å². The Morgan fingerprint density at radius 2 is 1.85 bits per heavy atom. The Morgan fingerprint density at radius 1 is 1.18 bits per heavy atom. The maximum absolute atomic E-state index is 13.7. The van der Waals surface area contributed by atoms with Crippen LogP contribution >= 0.6 is 0 Å². The van der Waals surface area contributed by atoms with Gasteiger partial charge in [-0.1, -0.05) is 57.0 Å². The lowest BCUT2D eigenvalue weighted by Gasteiger charge is -2.35. The highest BCUT2D eigenvalue weighted by Crippen LogP contribution is 2.24. The van der Waals surface area contributed by atoms with Crippen molar-refractivity contribution < 1.29 is 24.2 Å². The van der Waals surface area contributed by atoms with Crippen molar-refractivity contribution in [1.82, 2.24) is 15.5 Å². The second kappa shape index (κ2) is 13.2. The number of alkyl carbamates (subject to hydrolysis) is 1.